The van der Waals surface area contributed by atoms with Crippen molar-refractivity contribution in [3.63, 3.8) is 0 Å². The Morgan fingerprint density at radius 1 is 0.962 bits per heavy atom. The van der Waals surface area contributed by atoms with Crippen molar-refractivity contribution in [2.45, 2.75) is 6.54 Å². The van der Waals surface area contributed by atoms with Crippen LogP contribution in [0.2, 0.25) is 0 Å². The number of benzene rings is 2. The number of hydrogen-bond acceptors (Lipinski definition) is 4. The Morgan fingerprint density at radius 3 is 2.54 bits per heavy atom. The van der Waals surface area contributed by atoms with Gasteiger partial charge in [-0.05, 0) is 23.8 Å². The van der Waals surface area contributed by atoms with Crippen molar-refractivity contribution in [3.05, 3.63) is 82.5 Å². The van der Waals surface area contributed by atoms with Crippen molar-refractivity contribution < 1.29 is 4.92 Å². The van der Waals surface area contributed by atoms with Gasteiger partial charge in [0, 0.05) is 23.7 Å². The Kier molecular flexibility index (Phi) is 3.02. The van der Waals surface area contributed by atoms with Crippen LogP contribution in [0.3, 0.4) is 0 Å². The quantitative estimate of drug-likeness (QED) is 0.369. The van der Waals surface area contributed by atoms with Crippen LogP contribution in [0, 0.1) is 10.1 Å². The number of nitro benzene ring substituents is 1. The Bertz CT molecular complexity index is 1280. The van der Waals surface area contributed by atoms with E-state index in [2.05, 4.69) is 20.8 Å². The third-order valence-electron chi connectivity index (χ3n) is 4.62. The fraction of sp³-hybridized carbons (Fsp3) is 0.0526. The first kappa shape index (κ1) is 14.6. The summed E-state index contributed by atoms with van der Waals surface area (Å²) in [6.45, 7) is 0.494. The summed E-state index contributed by atoms with van der Waals surface area (Å²) < 4.78 is 3.98. The van der Waals surface area contributed by atoms with E-state index in [4.69, 9.17) is 0 Å². The Balaban J connectivity index is 1.71. The van der Waals surface area contributed by atoms with E-state index in [0.717, 1.165) is 33.0 Å². The molecule has 126 valence electrons. The normalized spacial score (nSPS) is 11.5. The molecular formula is C19H13N5O2. The van der Waals surface area contributed by atoms with Gasteiger partial charge in [-0.2, -0.15) is 0 Å². The van der Waals surface area contributed by atoms with Crippen LogP contribution in [0.15, 0.2) is 66.9 Å². The van der Waals surface area contributed by atoms with Gasteiger partial charge in [-0.3, -0.25) is 10.1 Å². The highest BCUT2D eigenvalue weighted by atomic mass is 16.6. The molecule has 5 rings (SSSR count). The molecule has 0 atom stereocenters. The summed E-state index contributed by atoms with van der Waals surface area (Å²) in [5, 5.41) is 20.6. The van der Waals surface area contributed by atoms with Gasteiger partial charge in [-0.25, -0.2) is 4.68 Å². The van der Waals surface area contributed by atoms with Crippen molar-refractivity contribution >= 4 is 33.1 Å². The highest BCUT2D eigenvalue weighted by Gasteiger charge is 2.15. The first-order valence-corrected chi connectivity index (χ1v) is 8.17. The topological polar surface area (TPSA) is 78.3 Å². The molecule has 0 aliphatic carbocycles. The fourth-order valence-electron chi connectivity index (χ4n) is 3.42. The second kappa shape index (κ2) is 5.38. The Labute approximate surface area is 147 Å². The van der Waals surface area contributed by atoms with E-state index < -0.39 is 4.92 Å². The van der Waals surface area contributed by atoms with Gasteiger partial charge in [0.25, 0.3) is 5.69 Å². The minimum atomic E-state index is -0.398. The van der Waals surface area contributed by atoms with Crippen molar-refractivity contribution in [1.29, 1.82) is 0 Å². The molecule has 0 saturated carbocycles. The molecule has 0 amide bonds. The number of nitrogens with zero attached hydrogens (tertiary/aromatic N) is 5. The molecule has 0 saturated heterocycles. The molecular weight excluding hydrogens is 330 g/mol. The van der Waals surface area contributed by atoms with Gasteiger partial charge >= 0.3 is 0 Å². The van der Waals surface area contributed by atoms with Crippen LogP contribution in [0.4, 0.5) is 5.69 Å². The highest BCUT2D eigenvalue weighted by molar-refractivity contribution is 6.08. The summed E-state index contributed by atoms with van der Waals surface area (Å²) >= 11 is 0. The molecule has 0 radical (unpaired) electrons. The van der Waals surface area contributed by atoms with Crippen LogP contribution in [0.1, 0.15) is 5.56 Å². The van der Waals surface area contributed by atoms with Crippen molar-refractivity contribution in [3.8, 4) is 0 Å². The molecule has 0 fully saturated rings. The molecule has 3 heterocycles. The molecule has 7 heteroatoms. The van der Waals surface area contributed by atoms with E-state index in [0.29, 0.717) is 6.54 Å². The second-order valence-corrected chi connectivity index (χ2v) is 6.15. The minimum absolute atomic E-state index is 0.0807. The zero-order valence-corrected chi connectivity index (χ0v) is 13.6. The summed E-state index contributed by atoms with van der Waals surface area (Å²) in [5.41, 5.74) is 4.94. The zero-order valence-electron chi connectivity index (χ0n) is 13.6. The van der Waals surface area contributed by atoms with Gasteiger partial charge in [0.15, 0.2) is 0 Å². The molecule has 0 spiro atoms. The second-order valence-electron chi connectivity index (χ2n) is 6.15. The van der Waals surface area contributed by atoms with E-state index >= 15 is 0 Å². The van der Waals surface area contributed by atoms with Crippen molar-refractivity contribution in [2.24, 2.45) is 0 Å². The summed E-state index contributed by atoms with van der Waals surface area (Å²) in [6, 6.07) is 18.7. The molecule has 5 aromatic rings. The van der Waals surface area contributed by atoms with Crippen LogP contribution >= 0.6 is 0 Å². The number of pyridine rings is 1. The maximum absolute atomic E-state index is 10.8. The molecule has 0 unspecified atom stereocenters. The van der Waals surface area contributed by atoms with Crippen molar-refractivity contribution in [2.75, 3.05) is 0 Å². The number of non-ortho nitro benzene ring substituents is 1. The first-order chi connectivity index (χ1) is 12.7. The zero-order chi connectivity index (χ0) is 17.7. The first-order valence-electron chi connectivity index (χ1n) is 8.17. The lowest BCUT2D eigenvalue weighted by Gasteiger charge is -2.07. The summed E-state index contributed by atoms with van der Waals surface area (Å²) in [6.07, 6.45) is 2.03. The summed E-state index contributed by atoms with van der Waals surface area (Å²) in [4.78, 5) is 10.4. The molecule has 0 N–H and O–H groups in total. The van der Waals surface area contributed by atoms with E-state index in [1.165, 1.54) is 12.1 Å². The highest BCUT2D eigenvalue weighted by Crippen LogP contribution is 2.28. The van der Waals surface area contributed by atoms with Gasteiger partial charge in [0.05, 0.1) is 22.5 Å². The van der Waals surface area contributed by atoms with Crippen LogP contribution < -0.4 is 0 Å². The molecule has 3 aromatic heterocycles. The van der Waals surface area contributed by atoms with Gasteiger partial charge in [0.2, 0.25) is 0 Å². The number of hydrogen-bond donors (Lipinski definition) is 0. The maximum Gasteiger partial charge on any atom is 0.269 e. The largest absolute Gasteiger partial charge is 0.314 e. The maximum atomic E-state index is 10.8. The SMILES string of the molecule is O=[N+]([O-])c1ccc(Cn2nnc3c4ccccc4n4cccc4c32)cc1. The molecule has 2 aromatic carbocycles. The number of rotatable bonds is 3. The van der Waals surface area contributed by atoms with Crippen LogP contribution in [0.25, 0.3) is 27.5 Å². The van der Waals surface area contributed by atoms with Crippen LogP contribution in [-0.2, 0) is 6.54 Å². The lowest BCUT2D eigenvalue weighted by molar-refractivity contribution is -0.384. The number of nitro groups is 1. The van der Waals surface area contributed by atoms with Gasteiger partial charge in [0.1, 0.15) is 11.0 Å². The van der Waals surface area contributed by atoms with E-state index in [1.807, 2.05) is 41.2 Å². The molecule has 0 aliphatic heterocycles. The average Bonchev–Trinajstić information content (AvgIpc) is 3.29. The molecule has 0 bridgehead atoms. The predicted molar refractivity (Wildman–Crippen MR) is 98.2 cm³/mol. The van der Waals surface area contributed by atoms with Crippen LogP contribution in [-0.4, -0.2) is 24.3 Å². The van der Waals surface area contributed by atoms with E-state index in [-0.39, 0.29) is 5.69 Å². The van der Waals surface area contributed by atoms with Gasteiger partial charge < -0.3 is 4.40 Å². The number of para-hydroxylation sites is 1. The average molecular weight is 343 g/mol. The summed E-state index contributed by atoms with van der Waals surface area (Å²) in [5.74, 6) is 0. The molecule has 7 nitrogen and oxygen atoms in total. The predicted octanol–water partition coefficient (Wildman–Crippen LogP) is 3.79. The summed E-state index contributed by atoms with van der Waals surface area (Å²) in [7, 11) is 0. The molecule has 0 aliphatic rings. The monoisotopic (exact) mass is 343 g/mol. The van der Waals surface area contributed by atoms with Gasteiger partial charge in [-0.15, -0.1) is 5.10 Å². The fourth-order valence-corrected chi connectivity index (χ4v) is 3.42. The third kappa shape index (κ3) is 2.07. The Hall–Kier alpha value is -3.74. The van der Waals surface area contributed by atoms with Crippen LogP contribution in [0.5, 0.6) is 0 Å². The van der Waals surface area contributed by atoms with Gasteiger partial charge in [-0.1, -0.05) is 35.5 Å². The smallest absolute Gasteiger partial charge is 0.269 e. The van der Waals surface area contributed by atoms with E-state index in [9.17, 15) is 10.1 Å². The lowest BCUT2D eigenvalue weighted by Crippen LogP contribution is -2.03. The third-order valence-corrected chi connectivity index (χ3v) is 4.62. The minimum Gasteiger partial charge on any atom is -0.314 e. The number of fused-ring (bicyclic) bond motifs is 6. The Morgan fingerprint density at radius 2 is 1.73 bits per heavy atom. The lowest BCUT2D eigenvalue weighted by atomic mass is 10.1. The van der Waals surface area contributed by atoms with Crippen molar-refractivity contribution in [1.82, 2.24) is 19.4 Å². The molecule has 26 heavy (non-hydrogen) atoms. The van der Waals surface area contributed by atoms with E-state index in [1.54, 1.807) is 12.1 Å². The number of aromatic nitrogens is 4. The standard InChI is InChI=1S/C19H13N5O2/c25-24(26)14-9-7-13(8-10-14)12-23-19-17-6-3-11-22(17)16-5-2-1-4-15(16)18(19)20-21-23/h1-11H,12H2.